The smallest absolute Gasteiger partial charge is 0.231 e. The zero-order valence-corrected chi connectivity index (χ0v) is 12.1. The van der Waals surface area contributed by atoms with Gasteiger partial charge in [-0.25, -0.2) is 0 Å². The van der Waals surface area contributed by atoms with Gasteiger partial charge in [0.15, 0.2) is 11.5 Å². The zero-order chi connectivity index (χ0) is 14.7. The maximum Gasteiger partial charge on any atom is 0.231 e. The third kappa shape index (κ3) is 3.13. The van der Waals surface area contributed by atoms with Crippen molar-refractivity contribution >= 4 is 11.6 Å². The zero-order valence-electron chi connectivity index (χ0n) is 11.4. The van der Waals surface area contributed by atoms with E-state index in [0.717, 1.165) is 11.1 Å². The van der Waals surface area contributed by atoms with E-state index in [1.54, 1.807) is 0 Å². The fraction of sp³-hybridized carbons (Fsp3) is 0.250. The van der Waals surface area contributed by atoms with Crippen LogP contribution in [-0.4, -0.2) is 18.5 Å². The number of aliphatic hydroxyl groups excluding tert-OH is 1. The van der Waals surface area contributed by atoms with Crippen molar-refractivity contribution in [1.82, 2.24) is 5.32 Å². The molecule has 21 heavy (non-hydrogen) atoms. The molecule has 1 unspecified atom stereocenters. The molecule has 1 heterocycles. The van der Waals surface area contributed by atoms with Crippen LogP contribution in [0.15, 0.2) is 42.5 Å². The van der Waals surface area contributed by atoms with Crippen LogP contribution < -0.4 is 14.8 Å². The monoisotopic (exact) mass is 305 g/mol. The Balaban J connectivity index is 1.71. The van der Waals surface area contributed by atoms with Gasteiger partial charge in [0.2, 0.25) is 6.79 Å². The fourth-order valence-corrected chi connectivity index (χ4v) is 2.62. The quantitative estimate of drug-likeness (QED) is 0.892. The molecule has 4 nitrogen and oxygen atoms in total. The summed E-state index contributed by atoms with van der Waals surface area (Å²) in [5.74, 6) is 1.27. The predicted molar refractivity (Wildman–Crippen MR) is 80.7 cm³/mol. The third-order valence-electron chi connectivity index (χ3n) is 3.42. The van der Waals surface area contributed by atoms with E-state index in [1.165, 1.54) is 0 Å². The average molecular weight is 306 g/mol. The minimum absolute atomic E-state index is 0.0301. The number of benzene rings is 2. The number of aliphatic hydroxyl groups is 1. The number of fused-ring (bicyclic) bond motifs is 1. The second kappa shape index (κ2) is 6.35. The Labute approximate surface area is 128 Å². The average Bonchev–Trinajstić information content (AvgIpc) is 2.98. The Kier molecular flexibility index (Phi) is 4.29. The Bertz CT molecular complexity index is 618. The van der Waals surface area contributed by atoms with Crippen LogP contribution in [0.2, 0.25) is 5.02 Å². The molecule has 0 saturated heterocycles. The second-order valence-electron chi connectivity index (χ2n) is 4.84. The minimum Gasteiger partial charge on any atom is -0.454 e. The van der Waals surface area contributed by atoms with Crippen LogP contribution in [0.4, 0.5) is 0 Å². The summed E-state index contributed by atoms with van der Waals surface area (Å²) in [5.41, 5.74) is 2.03. The van der Waals surface area contributed by atoms with Gasteiger partial charge in [0, 0.05) is 6.54 Å². The van der Waals surface area contributed by atoms with Crippen molar-refractivity contribution in [3.63, 3.8) is 0 Å². The largest absolute Gasteiger partial charge is 0.454 e. The number of nitrogens with one attached hydrogen (secondary N) is 1. The highest BCUT2D eigenvalue weighted by atomic mass is 35.5. The molecule has 0 bridgehead atoms. The van der Waals surface area contributed by atoms with Crippen molar-refractivity contribution in [1.29, 1.82) is 0 Å². The van der Waals surface area contributed by atoms with Crippen LogP contribution >= 0.6 is 11.6 Å². The van der Waals surface area contributed by atoms with E-state index in [4.69, 9.17) is 21.1 Å². The van der Waals surface area contributed by atoms with Crippen molar-refractivity contribution in [2.45, 2.75) is 12.6 Å². The van der Waals surface area contributed by atoms with Gasteiger partial charge in [0.1, 0.15) is 0 Å². The highest BCUT2D eigenvalue weighted by Crippen LogP contribution is 2.39. The molecule has 0 amide bonds. The first-order valence-corrected chi connectivity index (χ1v) is 7.13. The molecule has 2 aromatic rings. The number of halogens is 1. The van der Waals surface area contributed by atoms with Gasteiger partial charge in [-0.2, -0.15) is 0 Å². The third-order valence-corrected chi connectivity index (χ3v) is 3.70. The number of ether oxygens (including phenoxy) is 2. The molecule has 1 aliphatic rings. The Morgan fingerprint density at radius 3 is 2.76 bits per heavy atom. The maximum atomic E-state index is 9.53. The van der Waals surface area contributed by atoms with Gasteiger partial charge in [-0.15, -0.1) is 0 Å². The highest BCUT2D eigenvalue weighted by Gasteiger charge is 2.18. The van der Waals surface area contributed by atoms with Crippen LogP contribution in [0.25, 0.3) is 0 Å². The van der Waals surface area contributed by atoms with Crippen LogP contribution in [0, 0.1) is 0 Å². The van der Waals surface area contributed by atoms with Crippen molar-refractivity contribution in [3.05, 3.63) is 58.6 Å². The highest BCUT2D eigenvalue weighted by molar-refractivity contribution is 6.32. The summed E-state index contributed by atoms with van der Waals surface area (Å²) in [6, 6.07) is 13.5. The molecule has 2 aromatic carbocycles. The molecule has 0 spiro atoms. The number of hydrogen-bond acceptors (Lipinski definition) is 4. The van der Waals surface area contributed by atoms with E-state index < -0.39 is 0 Å². The summed E-state index contributed by atoms with van der Waals surface area (Å²) in [6.07, 6.45) is 0. The maximum absolute atomic E-state index is 9.53. The Morgan fingerprint density at radius 2 is 2.00 bits per heavy atom. The summed E-state index contributed by atoms with van der Waals surface area (Å²) in [5, 5.41) is 13.4. The fourth-order valence-electron chi connectivity index (χ4n) is 2.34. The molecule has 110 valence electrons. The standard InChI is InChI=1S/C16H16ClNO3/c17-13-6-11(7-15-16(13)21-10-20-15)8-18-14(9-19)12-4-2-1-3-5-12/h1-7,14,18-19H,8-10H2. The summed E-state index contributed by atoms with van der Waals surface area (Å²) < 4.78 is 10.6. The molecule has 5 heteroatoms. The molecule has 0 aromatic heterocycles. The molecule has 1 aliphatic heterocycles. The molecule has 0 fully saturated rings. The van der Waals surface area contributed by atoms with Gasteiger partial charge in [0.05, 0.1) is 17.7 Å². The second-order valence-corrected chi connectivity index (χ2v) is 5.25. The molecular formula is C16H16ClNO3. The van der Waals surface area contributed by atoms with Gasteiger partial charge in [-0.05, 0) is 23.3 Å². The van der Waals surface area contributed by atoms with Crippen molar-refractivity contribution in [2.75, 3.05) is 13.4 Å². The van der Waals surface area contributed by atoms with Gasteiger partial charge in [-0.1, -0.05) is 41.9 Å². The van der Waals surface area contributed by atoms with E-state index in [9.17, 15) is 5.11 Å². The minimum atomic E-state index is -0.115. The lowest BCUT2D eigenvalue weighted by Crippen LogP contribution is -2.23. The Hall–Kier alpha value is -1.75. The molecule has 0 radical (unpaired) electrons. The van der Waals surface area contributed by atoms with E-state index in [-0.39, 0.29) is 19.4 Å². The van der Waals surface area contributed by atoms with Crippen LogP contribution in [0.3, 0.4) is 0 Å². The first-order valence-electron chi connectivity index (χ1n) is 6.75. The number of rotatable bonds is 5. The van der Waals surface area contributed by atoms with Crippen molar-refractivity contribution in [2.24, 2.45) is 0 Å². The lowest BCUT2D eigenvalue weighted by atomic mass is 10.1. The summed E-state index contributed by atoms with van der Waals surface area (Å²) >= 11 is 6.16. The lowest BCUT2D eigenvalue weighted by Gasteiger charge is -2.17. The van der Waals surface area contributed by atoms with Crippen LogP contribution in [0.5, 0.6) is 11.5 Å². The van der Waals surface area contributed by atoms with Crippen LogP contribution in [-0.2, 0) is 6.54 Å². The molecule has 2 N–H and O–H groups in total. The van der Waals surface area contributed by atoms with Gasteiger partial charge in [-0.3, -0.25) is 0 Å². The van der Waals surface area contributed by atoms with Crippen LogP contribution in [0.1, 0.15) is 17.2 Å². The Morgan fingerprint density at radius 1 is 1.19 bits per heavy atom. The summed E-state index contributed by atoms with van der Waals surface area (Å²) in [7, 11) is 0. The van der Waals surface area contributed by atoms with Gasteiger partial charge < -0.3 is 19.9 Å². The molecular weight excluding hydrogens is 290 g/mol. The van der Waals surface area contributed by atoms with Crippen molar-refractivity contribution in [3.8, 4) is 11.5 Å². The van der Waals surface area contributed by atoms with Crippen molar-refractivity contribution < 1.29 is 14.6 Å². The van der Waals surface area contributed by atoms with Gasteiger partial charge in [0.25, 0.3) is 0 Å². The molecule has 0 saturated carbocycles. The molecule has 0 aliphatic carbocycles. The lowest BCUT2D eigenvalue weighted by molar-refractivity contribution is 0.174. The number of hydrogen-bond donors (Lipinski definition) is 2. The summed E-state index contributed by atoms with van der Waals surface area (Å²) in [4.78, 5) is 0. The first-order chi connectivity index (χ1) is 10.3. The SMILES string of the molecule is OCC(NCc1cc(Cl)c2c(c1)OCO2)c1ccccc1. The topological polar surface area (TPSA) is 50.7 Å². The van der Waals surface area contributed by atoms with E-state index >= 15 is 0 Å². The first kappa shape index (κ1) is 14.2. The predicted octanol–water partition coefficient (Wildman–Crippen LogP) is 2.89. The van der Waals surface area contributed by atoms with Gasteiger partial charge >= 0.3 is 0 Å². The molecule has 3 rings (SSSR count). The van der Waals surface area contributed by atoms with E-state index in [0.29, 0.717) is 23.1 Å². The summed E-state index contributed by atoms with van der Waals surface area (Å²) in [6.45, 7) is 0.813. The van der Waals surface area contributed by atoms with E-state index in [1.807, 2.05) is 42.5 Å². The molecule has 1 atom stereocenters. The van der Waals surface area contributed by atoms with E-state index in [2.05, 4.69) is 5.32 Å². The normalized spacial score (nSPS) is 14.2.